The number of nitrogens with zero attached hydrogens (tertiary/aromatic N) is 4. The van der Waals surface area contributed by atoms with Crippen molar-refractivity contribution in [1.82, 2.24) is 19.9 Å². The second-order valence-corrected chi connectivity index (χ2v) is 8.78. The van der Waals surface area contributed by atoms with Gasteiger partial charge in [0.2, 0.25) is 17.8 Å². The number of carbonyl (C=O) groups is 1. The van der Waals surface area contributed by atoms with Crippen molar-refractivity contribution in [2.75, 3.05) is 69.8 Å². The van der Waals surface area contributed by atoms with E-state index >= 15 is 0 Å². The number of likely N-dealkylation sites (tertiary alicyclic amines) is 1. The van der Waals surface area contributed by atoms with Crippen LogP contribution in [0.4, 0.5) is 11.9 Å². The SMILES string of the molecule is Cc1cc(C)c(-c2nc(NCCCN3CCCC3=O)nc(NCCOCCOCCN)n2)c(C)c1. The molecule has 0 bridgehead atoms. The minimum absolute atomic E-state index is 0.248. The number of ether oxygens (including phenoxy) is 2. The quantitative estimate of drug-likeness (QED) is 0.326. The van der Waals surface area contributed by atoms with E-state index in [2.05, 4.69) is 48.5 Å². The summed E-state index contributed by atoms with van der Waals surface area (Å²) in [6, 6.07) is 4.28. The van der Waals surface area contributed by atoms with Gasteiger partial charge in [-0.15, -0.1) is 0 Å². The molecule has 0 saturated carbocycles. The van der Waals surface area contributed by atoms with Crippen LogP contribution < -0.4 is 16.4 Å². The fraction of sp³-hybridized carbons (Fsp3) is 0.600. The maximum absolute atomic E-state index is 11.8. The van der Waals surface area contributed by atoms with Crippen LogP contribution in [0.3, 0.4) is 0 Å². The minimum atomic E-state index is 0.248. The van der Waals surface area contributed by atoms with Crippen molar-refractivity contribution in [2.24, 2.45) is 5.73 Å². The molecule has 1 aromatic heterocycles. The van der Waals surface area contributed by atoms with Crippen LogP contribution in [0.1, 0.15) is 36.0 Å². The molecule has 2 aromatic rings. The second kappa shape index (κ2) is 13.9. The maximum Gasteiger partial charge on any atom is 0.228 e. The van der Waals surface area contributed by atoms with Crippen molar-refractivity contribution in [2.45, 2.75) is 40.0 Å². The Bertz CT molecular complexity index is 947. The smallest absolute Gasteiger partial charge is 0.228 e. The molecule has 0 radical (unpaired) electrons. The normalized spacial score (nSPS) is 13.5. The lowest BCUT2D eigenvalue weighted by Crippen LogP contribution is -2.27. The summed E-state index contributed by atoms with van der Waals surface area (Å²) < 4.78 is 10.9. The molecule has 192 valence electrons. The molecule has 2 heterocycles. The molecule has 10 heteroatoms. The summed E-state index contributed by atoms with van der Waals surface area (Å²) >= 11 is 0. The van der Waals surface area contributed by atoms with Gasteiger partial charge in [-0.1, -0.05) is 17.7 Å². The van der Waals surface area contributed by atoms with Crippen LogP contribution in [0.5, 0.6) is 0 Å². The van der Waals surface area contributed by atoms with Crippen LogP contribution in [-0.2, 0) is 14.3 Å². The fourth-order valence-electron chi connectivity index (χ4n) is 4.23. The minimum Gasteiger partial charge on any atom is -0.378 e. The van der Waals surface area contributed by atoms with Crippen LogP contribution in [0.25, 0.3) is 11.4 Å². The average molecular weight is 486 g/mol. The highest BCUT2D eigenvalue weighted by atomic mass is 16.5. The highest BCUT2D eigenvalue weighted by Crippen LogP contribution is 2.27. The highest BCUT2D eigenvalue weighted by molar-refractivity contribution is 5.78. The van der Waals surface area contributed by atoms with E-state index in [1.54, 1.807) is 0 Å². The molecule has 0 atom stereocenters. The summed E-state index contributed by atoms with van der Waals surface area (Å²) in [6.45, 7) is 11.7. The standard InChI is InChI=1S/C25H39N7O3/c1-18-16-19(2)22(20(3)17-18)23-29-24(27-8-5-11-32-10-4-6-21(32)33)31-25(30-23)28-9-13-35-15-14-34-12-7-26/h16-17H,4-15,26H2,1-3H3,(H2,27,28,29,30,31). The molecule has 1 aliphatic rings. The van der Waals surface area contributed by atoms with Gasteiger partial charge in [0.25, 0.3) is 0 Å². The lowest BCUT2D eigenvalue weighted by atomic mass is 9.99. The summed E-state index contributed by atoms with van der Waals surface area (Å²) in [4.78, 5) is 27.7. The highest BCUT2D eigenvalue weighted by Gasteiger charge is 2.19. The Hall–Kier alpha value is -2.82. The van der Waals surface area contributed by atoms with E-state index in [0.717, 1.165) is 42.6 Å². The molecule has 4 N–H and O–H groups in total. The average Bonchev–Trinajstić information content (AvgIpc) is 3.22. The molecular weight excluding hydrogens is 446 g/mol. The molecule has 3 rings (SSSR count). The van der Waals surface area contributed by atoms with Gasteiger partial charge in [-0.25, -0.2) is 0 Å². The number of hydrogen-bond acceptors (Lipinski definition) is 9. The third kappa shape index (κ3) is 8.41. The number of nitrogens with two attached hydrogens (primary N) is 1. The lowest BCUT2D eigenvalue weighted by molar-refractivity contribution is -0.127. The van der Waals surface area contributed by atoms with Gasteiger partial charge in [-0.2, -0.15) is 15.0 Å². The summed E-state index contributed by atoms with van der Waals surface area (Å²) in [5.74, 6) is 1.89. The van der Waals surface area contributed by atoms with Gasteiger partial charge in [0.15, 0.2) is 5.82 Å². The Morgan fingerprint density at radius 3 is 2.23 bits per heavy atom. The number of anilines is 2. The Balaban J connectivity index is 1.63. The number of amides is 1. The van der Waals surface area contributed by atoms with E-state index in [0.29, 0.717) is 70.2 Å². The largest absolute Gasteiger partial charge is 0.378 e. The number of carbonyl (C=O) groups excluding carboxylic acids is 1. The number of hydrogen-bond donors (Lipinski definition) is 3. The zero-order chi connectivity index (χ0) is 25.0. The monoisotopic (exact) mass is 485 g/mol. The number of aromatic nitrogens is 3. The van der Waals surface area contributed by atoms with Crippen molar-refractivity contribution in [1.29, 1.82) is 0 Å². The fourth-order valence-corrected chi connectivity index (χ4v) is 4.23. The van der Waals surface area contributed by atoms with Gasteiger partial charge in [0.1, 0.15) is 0 Å². The Morgan fingerprint density at radius 1 is 0.943 bits per heavy atom. The van der Waals surface area contributed by atoms with Gasteiger partial charge >= 0.3 is 0 Å². The van der Waals surface area contributed by atoms with E-state index in [1.807, 2.05) is 4.90 Å². The Morgan fingerprint density at radius 2 is 1.60 bits per heavy atom. The maximum atomic E-state index is 11.8. The number of rotatable bonds is 15. The van der Waals surface area contributed by atoms with Crippen molar-refractivity contribution >= 4 is 17.8 Å². The van der Waals surface area contributed by atoms with Gasteiger partial charge in [-0.05, 0) is 44.7 Å². The van der Waals surface area contributed by atoms with Gasteiger partial charge in [-0.3, -0.25) is 4.79 Å². The molecule has 1 amide bonds. The first-order chi connectivity index (χ1) is 17.0. The molecule has 35 heavy (non-hydrogen) atoms. The van der Waals surface area contributed by atoms with Crippen LogP contribution in [0.2, 0.25) is 0 Å². The zero-order valence-corrected chi connectivity index (χ0v) is 21.2. The second-order valence-electron chi connectivity index (χ2n) is 8.78. The van der Waals surface area contributed by atoms with E-state index in [1.165, 1.54) is 5.56 Å². The van der Waals surface area contributed by atoms with Gasteiger partial charge in [0.05, 0.1) is 26.4 Å². The summed E-state index contributed by atoms with van der Waals surface area (Å²) in [5.41, 5.74) is 9.87. The van der Waals surface area contributed by atoms with Crippen LogP contribution in [0, 0.1) is 20.8 Å². The first-order valence-electron chi connectivity index (χ1n) is 12.4. The van der Waals surface area contributed by atoms with Gasteiger partial charge in [0, 0.05) is 44.7 Å². The predicted molar refractivity (Wildman–Crippen MR) is 138 cm³/mol. The van der Waals surface area contributed by atoms with Crippen LogP contribution in [0.15, 0.2) is 12.1 Å². The van der Waals surface area contributed by atoms with E-state index < -0.39 is 0 Å². The van der Waals surface area contributed by atoms with E-state index in [9.17, 15) is 4.79 Å². The summed E-state index contributed by atoms with van der Waals surface area (Å²) in [5, 5.41) is 6.56. The molecule has 0 spiro atoms. The number of aryl methyl sites for hydroxylation is 3. The van der Waals surface area contributed by atoms with Gasteiger partial charge < -0.3 is 30.7 Å². The first kappa shape index (κ1) is 26.8. The molecule has 1 fully saturated rings. The third-order valence-electron chi connectivity index (χ3n) is 5.76. The molecular formula is C25H39N7O3. The number of benzene rings is 1. The Labute approximate surface area is 208 Å². The molecule has 0 aliphatic carbocycles. The summed E-state index contributed by atoms with van der Waals surface area (Å²) in [6.07, 6.45) is 2.45. The van der Waals surface area contributed by atoms with Crippen molar-refractivity contribution in [3.63, 3.8) is 0 Å². The lowest BCUT2D eigenvalue weighted by Gasteiger charge is -2.16. The van der Waals surface area contributed by atoms with Crippen LogP contribution >= 0.6 is 0 Å². The van der Waals surface area contributed by atoms with E-state index in [-0.39, 0.29) is 5.91 Å². The molecule has 1 aliphatic heterocycles. The summed E-state index contributed by atoms with van der Waals surface area (Å²) in [7, 11) is 0. The molecule has 10 nitrogen and oxygen atoms in total. The predicted octanol–water partition coefficient (Wildman–Crippen LogP) is 2.29. The first-order valence-corrected chi connectivity index (χ1v) is 12.4. The molecule has 1 saturated heterocycles. The molecule has 0 unspecified atom stereocenters. The molecule has 1 aromatic carbocycles. The van der Waals surface area contributed by atoms with Crippen molar-refractivity contribution < 1.29 is 14.3 Å². The Kier molecular flexibility index (Phi) is 10.6. The zero-order valence-electron chi connectivity index (χ0n) is 21.2. The third-order valence-corrected chi connectivity index (χ3v) is 5.76. The van der Waals surface area contributed by atoms with Crippen molar-refractivity contribution in [3.8, 4) is 11.4 Å². The van der Waals surface area contributed by atoms with Crippen LogP contribution in [-0.4, -0.2) is 84.9 Å². The van der Waals surface area contributed by atoms with E-state index in [4.69, 9.17) is 25.2 Å². The number of nitrogens with one attached hydrogen (secondary N) is 2. The topological polar surface area (TPSA) is 128 Å². The van der Waals surface area contributed by atoms with Crippen molar-refractivity contribution in [3.05, 3.63) is 28.8 Å².